The number of non-ortho nitro benzene ring substituents is 2. The van der Waals surface area contributed by atoms with Gasteiger partial charge in [0.1, 0.15) is 0 Å². The van der Waals surface area contributed by atoms with Crippen LogP contribution in [0.4, 0.5) is 11.4 Å². The Bertz CT molecular complexity index is 3100. The van der Waals surface area contributed by atoms with Gasteiger partial charge < -0.3 is 0 Å². The number of fused-ring (bicyclic) bond motifs is 2. The molecular weight excluding hydrogens is 785 g/mol. The molecule has 8 aromatic carbocycles. The van der Waals surface area contributed by atoms with E-state index < -0.39 is 9.85 Å². The number of hydrogen-bond acceptors (Lipinski definition) is 8. The van der Waals surface area contributed by atoms with E-state index in [1.165, 1.54) is 24.3 Å². The molecule has 300 valence electrons. The predicted molar refractivity (Wildman–Crippen MR) is 248 cm³/mol. The van der Waals surface area contributed by atoms with Gasteiger partial charge in [0, 0.05) is 46.5 Å². The number of hydrogen-bond donors (Lipinski definition) is 0. The van der Waals surface area contributed by atoms with Crippen LogP contribution in [0.1, 0.15) is 11.1 Å². The Labute approximate surface area is 361 Å². The van der Waals surface area contributed by atoms with E-state index in [9.17, 15) is 20.2 Å². The number of benzene rings is 8. The summed E-state index contributed by atoms with van der Waals surface area (Å²) in [5.74, 6) is 0. The molecule has 0 N–H and O–H groups in total. The Balaban J connectivity index is 0.985. The van der Waals surface area contributed by atoms with Crippen LogP contribution in [-0.4, -0.2) is 29.8 Å². The Morgan fingerprint density at radius 3 is 0.937 bits per heavy atom. The van der Waals surface area contributed by atoms with E-state index in [0.29, 0.717) is 6.42 Å². The lowest BCUT2D eigenvalue weighted by atomic mass is 9.99. The second-order valence-corrected chi connectivity index (χ2v) is 15.2. The number of aromatic nitrogens is 4. The lowest BCUT2D eigenvalue weighted by molar-refractivity contribution is -0.385. The maximum atomic E-state index is 11.2. The first-order valence-corrected chi connectivity index (χ1v) is 20.3. The van der Waals surface area contributed by atoms with Crippen molar-refractivity contribution in [1.29, 1.82) is 0 Å². The third-order valence-electron chi connectivity index (χ3n) is 11.1. The molecule has 0 aliphatic carbocycles. The number of nitro benzene ring substituents is 2. The van der Waals surface area contributed by atoms with Crippen LogP contribution in [0, 0.1) is 20.2 Å². The van der Waals surface area contributed by atoms with Crippen molar-refractivity contribution in [3.05, 3.63) is 225 Å². The summed E-state index contributed by atoms with van der Waals surface area (Å²) < 4.78 is 0. The van der Waals surface area contributed by atoms with Crippen molar-refractivity contribution in [2.75, 3.05) is 0 Å². The molecule has 2 aromatic heterocycles. The third kappa shape index (κ3) is 7.87. The molecule has 10 heteroatoms. The standard InChI is InChI=1S/C53H34N6O4/c60-58(61)44-25-21-38(22-26-44)36-13-17-42(18-14-36)52-50(40-7-3-1-4-8-40)54-46-29-11-34(32-48(46)56-52)31-35-12-30-47-49(33-35)57-53(51(55-47)41-9-5-2-6-10-41)43-19-15-37(16-20-43)39-23-27-45(28-24-39)59(62)63/h1-30,32-33H,31H2. The SMILES string of the molecule is O=[N+]([O-])c1ccc(-c2ccc(-c3nc4cc(Cc5ccc6nc(-c7ccccc7)c(-c7ccc(-c8ccc([N+](=O)[O-])cc8)cc7)nc6c5)ccc4nc3-c3ccccc3)cc2)cc1. The lowest BCUT2D eigenvalue weighted by Gasteiger charge is -2.13. The topological polar surface area (TPSA) is 138 Å². The first-order chi connectivity index (χ1) is 30.8. The van der Waals surface area contributed by atoms with Gasteiger partial charge in [0.25, 0.3) is 11.4 Å². The van der Waals surface area contributed by atoms with Gasteiger partial charge in [-0.05, 0) is 88.3 Å². The lowest BCUT2D eigenvalue weighted by Crippen LogP contribution is -1.98. The molecular formula is C53H34N6O4. The molecule has 0 atom stereocenters. The second-order valence-electron chi connectivity index (χ2n) is 15.2. The van der Waals surface area contributed by atoms with Crippen LogP contribution < -0.4 is 0 Å². The molecule has 0 amide bonds. The van der Waals surface area contributed by atoms with Crippen molar-refractivity contribution in [1.82, 2.24) is 19.9 Å². The van der Waals surface area contributed by atoms with E-state index in [0.717, 1.165) is 100 Å². The van der Waals surface area contributed by atoms with Crippen molar-refractivity contribution >= 4 is 33.4 Å². The summed E-state index contributed by atoms with van der Waals surface area (Å²) >= 11 is 0. The maximum absolute atomic E-state index is 11.2. The first-order valence-electron chi connectivity index (χ1n) is 20.3. The van der Waals surface area contributed by atoms with Gasteiger partial charge in [-0.1, -0.05) is 121 Å². The highest BCUT2D eigenvalue weighted by Crippen LogP contribution is 2.35. The minimum atomic E-state index is -0.397. The molecule has 0 aliphatic rings. The quantitative estimate of drug-likeness (QED) is 0.0982. The van der Waals surface area contributed by atoms with Gasteiger partial charge in [-0.3, -0.25) is 20.2 Å². The van der Waals surface area contributed by atoms with Crippen LogP contribution in [0.15, 0.2) is 194 Å². The molecule has 0 radical (unpaired) electrons. The molecule has 0 saturated heterocycles. The van der Waals surface area contributed by atoms with Crippen molar-refractivity contribution in [2.45, 2.75) is 6.42 Å². The third-order valence-corrected chi connectivity index (χ3v) is 11.1. The van der Waals surface area contributed by atoms with E-state index in [1.807, 2.05) is 121 Å². The number of rotatable bonds is 10. The summed E-state index contributed by atoms with van der Waals surface area (Å²) in [5, 5.41) is 22.4. The number of nitro groups is 2. The van der Waals surface area contributed by atoms with E-state index in [2.05, 4.69) is 24.3 Å². The van der Waals surface area contributed by atoms with E-state index in [-0.39, 0.29) is 11.4 Å². The zero-order valence-corrected chi connectivity index (χ0v) is 33.5. The van der Waals surface area contributed by atoms with Crippen LogP contribution in [0.5, 0.6) is 0 Å². The van der Waals surface area contributed by atoms with Gasteiger partial charge in [-0.15, -0.1) is 0 Å². The zero-order chi connectivity index (χ0) is 42.9. The monoisotopic (exact) mass is 818 g/mol. The molecule has 0 unspecified atom stereocenters. The van der Waals surface area contributed by atoms with E-state index >= 15 is 0 Å². The van der Waals surface area contributed by atoms with Gasteiger partial charge in [0.2, 0.25) is 0 Å². The maximum Gasteiger partial charge on any atom is 0.269 e. The van der Waals surface area contributed by atoms with Gasteiger partial charge in [0.15, 0.2) is 0 Å². The Morgan fingerprint density at radius 2 is 0.603 bits per heavy atom. The molecule has 63 heavy (non-hydrogen) atoms. The van der Waals surface area contributed by atoms with Crippen molar-refractivity contribution in [2.24, 2.45) is 0 Å². The first kappa shape index (κ1) is 38.4. The Hall–Kier alpha value is -8.76. The van der Waals surface area contributed by atoms with Crippen molar-refractivity contribution < 1.29 is 9.85 Å². The van der Waals surface area contributed by atoms with Crippen molar-refractivity contribution in [3.63, 3.8) is 0 Å². The minimum Gasteiger partial charge on any atom is -0.258 e. The highest BCUT2D eigenvalue weighted by molar-refractivity contribution is 5.89. The van der Waals surface area contributed by atoms with Gasteiger partial charge in [-0.25, -0.2) is 19.9 Å². The van der Waals surface area contributed by atoms with Crippen LogP contribution in [0.3, 0.4) is 0 Å². The van der Waals surface area contributed by atoms with Gasteiger partial charge in [-0.2, -0.15) is 0 Å². The predicted octanol–water partition coefficient (Wildman–Crippen LogP) is 13.0. The minimum absolute atomic E-state index is 0.0527. The van der Waals surface area contributed by atoms with Crippen LogP contribution in [0.25, 0.3) is 89.4 Å². The van der Waals surface area contributed by atoms with Crippen LogP contribution in [0.2, 0.25) is 0 Å². The smallest absolute Gasteiger partial charge is 0.258 e. The fraction of sp³-hybridized carbons (Fsp3) is 0.0189. The average molecular weight is 819 g/mol. The summed E-state index contributed by atoms with van der Waals surface area (Å²) in [6.45, 7) is 0. The molecule has 2 heterocycles. The normalized spacial score (nSPS) is 11.2. The van der Waals surface area contributed by atoms with E-state index in [1.54, 1.807) is 24.3 Å². The summed E-state index contributed by atoms with van der Waals surface area (Å²) in [6, 6.07) is 61.7. The summed E-state index contributed by atoms with van der Waals surface area (Å²) in [5.41, 5.74) is 15.8. The largest absolute Gasteiger partial charge is 0.269 e. The van der Waals surface area contributed by atoms with Crippen LogP contribution in [-0.2, 0) is 6.42 Å². The molecule has 10 rings (SSSR count). The highest BCUT2D eigenvalue weighted by atomic mass is 16.6. The van der Waals surface area contributed by atoms with Gasteiger partial charge >= 0.3 is 0 Å². The molecule has 10 nitrogen and oxygen atoms in total. The van der Waals surface area contributed by atoms with E-state index in [4.69, 9.17) is 19.9 Å². The van der Waals surface area contributed by atoms with Crippen molar-refractivity contribution in [3.8, 4) is 67.3 Å². The average Bonchev–Trinajstić information content (AvgIpc) is 3.34. The Morgan fingerprint density at radius 1 is 0.317 bits per heavy atom. The molecule has 10 aromatic rings. The zero-order valence-electron chi connectivity index (χ0n) is 33.5. The Kier molecular flexibility index (Phi) is 9.98. The fourth-order valence-corrected chi connectivity index (χ4v) is 7.84. The summed E-state index contributed by atoms with van der Waals surface area (Å²) in [6.07, 6.45) is 0.634. The second kappa shape index (κ2) is 16.4. The molecule has 0 bridgehead atoms. The van der Waals surface area contributed by atoms with Gasteiger partial charge in [0.05, 0.1) is 54.7 Å². The molecule has 0 fully saturated rings. The molecule has 0 spiro atoms. The molecule has 0 saturated carbocycles. The highest BCUT2D eigenvalue weighted by Gasteiger charge is 2.17. The fourth-order valence-electron chi connectivity index (χ4n) is 7.84. The molecule has 0 aliphatic heterocycles. The summed E-state index contributed by atoms with van der Waals surface area (Å²) in [4.78, 5) is 42.4. The van der Waals surface area contributed by atoms with Crippen LogP contribution >= 0.6 is 0 Å². The number of nitrogens with zero attached hydrogens (tertiary/aromatic N) is 6. The summed E-state index contributed by atoms with van der Waals surface area (Å²) in [7, 11) is 0.